The number of halogens is 1. The van der Waals surface area contributed by atoms with Crippen molar-refractivity contribution in [3.63, 3.8) is 0 Å². The van der Waals surface area contributed by atoms with E-state index in [4.69, 9.17) is 10.8 Å². The molecule has 2 aromatic rings. The van der Waals surface area contributed by atoms with Crippen molar-refractivity contribution in [2.75, 3.05) is 18.5 Å². The Balaban J connectivity index is 0.00000220. The molecule has 0 aliphatic heterocycles. The van der Waals surface area contributed by atoms with Crippen molar-refractivity contribution in [3.05, 3.63) is 29.8 Å². The number of nitrogens with zero attached hydrogens (tertiary/aromatic N) is 3. The number of aliphatic hydroxyl groups excluding tert-OH is 1. The first-order chi connectivity index (χ1) is 9.70. The molecule has 1 aromatic heterocycles. The number of aliphatic hydroxyl groups is 1. The van der Waals surface area contributed by atoms with E-state index in [2.05, 4.69) is 20.5 Å². The van der Waals surface area contributed by atoms with Crippen molar-refractivity contribution in [1.82, 2.24) is 10.2 Å². The van der Waals surface area contributed by atoms with Gasteiger partial charge in [0.05, 0.1) is 0 Å². The van der Waals surface area contributed by atoms with Gasteiger partial charge in [-0.1, -0.05) is 35.6 Å². The monoisotopic (exact) mass is 327 g/mol. The molecule has 114 valence electrons. The van der Waals surface area contributed by atoms with Crippen LogP contribution in [0.5, 0.6) is 0 Å². The second-order valence-electron chi connectivity index (χ2n) is 4.20. The van der Waals surface area contributed by atoms with E-state index in [1.165, 1.54) is 11.3 Å². The lowest BCUT2D eigenvalue weighted by atomic mass is 10.1. The lowest BCUT2D eigenvalue weighted by Gasteiger charge is -2.00. The molecule has 6 nitrogen and oxygen atoms in total. The third-order valence-electron chi connectivity index (χ3n) is 2.63. The van der Waals surface area contributed by atoms with Gasteiger partial charge >= 0.3 is 0 Å². The minimum Gasteiger partial charge on any atom is -0.396 e. The molecule has 8 heteroatoms. The number of aliphatic imine (C=N–C) groups is 1. The highest BCUT2D eigenvalue weighted by Crippen LogP contribution is 2.28. The molecule has 0 aliphatic rings. The highest BCUT2D eigenvalue weighted by molar-refractivity contribution is 7.18. The fraction of sp³-hybridized carbons (Fsp3) is 0.308. The lowest BCUT2D eigenvalue weighted by molar-refractivity contribution is 0.291. The number of nitrogens with one attached hydrogen (secondary N) is 1. The maximum Gasteiger partial charge on any atom is 0.212 e. The van der Waals surface area contributed by atoms with Crippen LogP contribution in [0.4, 0.5) is 5.13 Å². The lowest BCUT2D eigenvalue weighted by Crippen LogP contribution is -2.22. The number of nitrogens with two attached hydrogens (primary N) is 1. The van der Waals surface area contributed by atoms with Gasteiger partial charge in [-0.15, -0.1) is 22.6 Å². The third kappa shape index (κ3) is 4.96. The number of hydrogen-bond donors (Lipinski definition) is 3. The zero-order valence-electron chi connectivity index (χ0n) is 11.6. The summed E-state index contributed by atoms with van der Waals surface area (Å²) in [4.78, 5) is 4.07. The Hall–Kier alpha value is -1.70. The number of anilines is 1. The van der Waals surface area contributed by atoms with Crippen molar-refractivity contribution >= 4 is 34.8 Å². The Morgan fingerprint density at radius 1 is 1.38 bits per heavy atom. The smallest absolute Gasteiger partial charge is 0.212 e. The average Bonchev–Trinajstić information content (AvgIpc) is 2.88. The summed E-state index contributed by atoms with van der Waals surface area (Å²) in [5.41, 5.74) is 7.94. The molecule has 0 fully saturated rings. The second kappa shape index (κ2) is 8.56. The van der Waals surface area contributed by atoms with E-state index < -0.39 is 0 Å². The molecule has 1 heterocycles. The zero-order valence-corrected chi connectivity index (χ0v) is 13.2. The van der Waals surface area contributed by atoms with Crippen molar-refractivity contribution in [3.8, 4) is 10.6 Å². The van der Waals surface area contributed by atoms with E-state index in [0.29, 0.717) is 18.1 Å². The van der Waals surface area contributed by atoms with Crippen molar-refractivity contribution in [2.24, 2.45) is 10.7 Å². The molecule has 1 aromatic carbocycles. The van der Waals surface area contributed by atoms with Crippen LogP contribution in [0.25, 0.3) is 10.6 Å². The molecule has 0 amide bonds. The van der Waals surface area contributed by atoms with Crippen LogP contribution in [0.2, 0.25) is 0 Å². The van der Waals surface area contributed by atoms with Crippen LogP contribution >= 0.6 is 23.7 Å². The summed E-state index contributed by atoms with van der Waals surface area (Å²) in [5.74, 6) is 0.283. The van der Waals surface area contributed by atoms with Gasteiger partial charge in [0.2, 0.25) is 5.13 Å². The van der Waals surface area contributed by atoms with Crippen molar-refractivity contribution in [1.29, 1.82) is 0 Å². The fourth-order valence-corrected chi connectivity index (χ4v) is 2.46. The minimum atomic E-state index is 0. The molecule has 21 heavy (non-hydrogen) atoms. The zero-order chi connectivity index (χ0) is 14.4. The average molecular weight is 328 g/mol. The summed E-state index contributed by atoms with van der Waals surface area (Å²) in [6, 6.07) is 8.01. The van der Waals surface area contributed by atoms with E-state index in [1.54, 1.807) is 0 Å². The molecule has 0 unspecified atom stereocenters. The maximum atomic E-state index is 8.67. The molecule has 0 spiro atoms. The molecule has 0 saturated heterocycles. The van der Waals surface area contributed by atoms with Gasteiger partial charge in [0, 0.05) is 18.7 Å². The molecule has 0 saturated carbocycles. The van der Waals surface area contributed by atoms with Gasteiger partial charge in [-0.05, 0) is 18.9 Å². The Bertz CT molecular complexity index is 602. The number of hydrogen-bond acceptors (Lipinski definition) is 5. The second-order valence-corrected chi connectivity index (χ2v) is 5.17. The number of aryl methyl sites for hydroxylation is 1. The van der Waals surface area contributed by atoms with Gasteiger partial charge in [0.15, 0.2) is 5.96 Å². The Morgan fingerprint density at radius 3 is 2.86 bits per heavy atom. The Morgan fingerprint density at radius 2 is 2.14 bits per heavy atom. The fourth-order valence-electron chi connectivity index (χ4n) is 1.61. The first-order valence-electron chi connectivity index (χ1n) is 6.28. The van der Waals surface area contributed by atoms with Gasteiger partial charge in [-0.3, -0.25) is 4.99 Å². The molecule has 0 radical (unpaired) electrons. The Labute approximate surface area is 133 Å². The quantitative estimate of drug-likeness (QED) is 0.443. The largest absolute Gasteiger partial charge is 0.396 e. The molecular formula is C13H18ClN5OS. The standard InChI is InChI=1S/C13H17N5OS.ClH/c1-9-5-2-3-6-10(9)11-17-18-13(20-11)16-12(14)15-7-4-8-19;/h2-3,5-6,19H,4,7-8H2,1H3,(H3,14,15,16,18);1H. The summed E-state index contributed by atoms with van der Waals surface area (Å²) >= 11 is 1.42. The summed E-state index contributed by atoms with van der Waals surface area (Å²) in [6.45, 7) is 2.63. The summed E-state index contributed by atoms with van der Waals surface area (Å²) in [5, 5.41) is 21.2. The van der Waals surface area contributed by atoms with E-state index in [0.717, 1.165) is 16.1 Å². The number of rotatable bonds is 5. The highest BCUT2D eigenvalue weighted by atomic mass is 35.5. The van der Waals surface area contributed by atoms with E-state index in [-0.39, 0.29) is 25.0 Å². The van der Waals surface area contributed by atoms with Gasteiger partial charge in [-0.25, -0.2) is 0 Å². The number of benzene rings is 1. The van der Waals surface area contributed by atoms with Crippen molar-refractivity contribution < 1.29 is 5.11 Å². The van der Waals surface area contributed by atoms with Crippen LogP contribution in [-0.4, -0.2) is 34.4 Å². The van der Waals surface area contributed by atoms with Crippen LogP contribution < -0.4 is 11.1 Å². The molecule has 0 atom stereocenters. The number of aromatic nitrogens is 2. The summed E-state index contributed by atoms with van der Waals surface area (Å²) in [6.07, 6.45) is 0.590. The SMILES string of the molecule is Cc1ccccc1-c1nnc(NC(N)=NCCCO)s1.Cl. The molecule has 0 aliphatic carbocycles. The molecule has 4 N–H and O–H groups in total. The van der Waals surface area contributed by atoms with Gasteiger partial charge in [-0.2, -0.15) is 0 Å². The van der Waals surface area contributed by atoms with Crippen molar-refractivity contribution in [2.45, 2.75) is 13.3 Å². The highest BCUT2D eigenvalue weighted by Gasteiger charge is 2.08. The van der Waals surface area contributed by atoms with Crippen LogP contribution in [0.1, 0.15) is 12.0 Å². The van der Waals surface area contributed by atoms with Gasteiger partial charge in [0.1, 0.15) is 5.01 Å². The maximum absolute atomic E-state index is 8.67. The normalized spacial score (nSPS) is 11.0. The van der Waals surface area contributed by atoms with Gasteiger partial charge in [0.25, 0.3) is 0 Å². The van der Waals surface area contributed by atoms with Crippen LogP contribution in [-0.2, 0) is 0 Å². The third-order valence-corrected chi connectivity index (χ3v) is 3.51. The molecular weight excluding hydrogens is 310 g/mol. The predicted molar refractivity (Wildman–Crippen MR) is 89.1 cm³/mol. The summed E-state index contributed by atoms with van der Waals surface area (Å²) < 4.78 is 0. The van der Waals surface area contributed by atoms with Crippen LogP contribution in [0, 0.1) is 6.92 Å². The van der Waals surface area contributed by atoms with E-state index >= 15 is 0 Å². The van der Waals surface area contributed by atoms with E-state index in [1.807, 2.05) is 31.2 Å². The minimum absolute atomic E-state index is 0. The molecule has 2 rings (SSSR count). The topological polar surface area (TPSA) is 96.4 Å². The first-order valence-corrected chi connectivity index (χ1v) is 7.09. The number of guanidine groups is 1. The van der Waals surface area contributed by atoms with Crippen LogP contribution in [0.15, 0.2) is 29.3 Å². The molecule has 0 bridgehead atoms. The predicted octanol–water partition coefficient (Wildman–Crippen LogP) is 2.04. The van der Waals surface area contributed by atoms with Gasteiger partial charge < -0.3 is 16.2 Å². The summed E-state index contributed by atoms with van der Waals surface area (Å²) in [7, 11) is 0. The Kier molecular flexibility index (Phi) is 7.07. The van der Waals surface area contributed by atoms with E-state index in [9.17, 15) is 0 Å². The first kappa shape index (κ1) is 17.4. The van der Waals surface area contributed by atoms with Crippen LogP contribution in [0.3, 0.4) is 0 Å².